The highest BCUT2D eigenvalue weighted by molar-refractivity contribution is 9.10. The Morgan fingerprint density at radius 2 is 1.86 bits per heavy atom. The molecule has 0 aliphatic rings. The van der Waals surface area contributed by atoms with E-state index in [1.54, 1.807) is 18.2 Å². The van der Waals surface area contributed by atoms with E-state index < -0.39 is 11.9 Å². The SMILES string of the molecule is COC(=O)c1nc(-c2cc(Cl)cc(Br)c2)oc1C(=O)OC. The Kier molecular flexibility index (Phi) is 4.64. The van der Waals surface area contributed by atoms with E-state index in [9.17, 15) is 9.59 Å². The highest BCUT2D eigenvalue weighted by Crippen LogP contribution is 2.29. The highest BCUT2D eigenvalue weighted by atomic mass is 79.9. The Hall–Kier alpha value is -1.86. The van der Waals surface area contributed by atoms with Crippen molar-refractivity contribution in [1.29, 1.82) is 0 Å². The number of ether oxygens (including phenoxy) is 2. The molecule has 0 amide bonds. The van der Waals surface area contributed by atoms with Crippen molar-refractivity contribution in [2.45, 2.75) is 0 Å². The van der Waals surface area contributed by atoms with Gasteiger partial charge in [0.25, 0.3) is 0 Å². The van der Waals surface area contributed by atoms with Gasteiger partial charge in [0, 0.05) is 15.1 Å². The molecular weight excluding hydrogens is 366 g/mol. The molecule has 21 heavy (non-hydrogen) atoms. The third kappa shape index (κ3) is 3.25. The number of nitrogens with zero attached hydrogens (tertiary/aromatic N) is 1. The van der Waals surface area contributed by atoms with E-state index in [4.69, 9.17) is 16.0 Å². The minimum Gasteiger partial charge on any atom is -0.464 e. The molecular formula is C13H9BrClNO5. The predicted octanol–water partition coefficient (Wildman–Crippen LogP) is 3.33. The normalized spacial score (nSPS) is 10.3. The number of benzene rings is 1. The molecule has 1 aromatic heterocycles. The Morgan fingerprint density at radius 3 is 2.43 bits per heavy atom. The Morgan fingerprint density at radius 1 is 1.19 bits per heavy atom. The molecule has 2 aromatic rings. The summed E-state index contributed by atoms with van der Waals surface area (Å²) >= 11 is 9.23. The number of esters is 2. The number of carbonyl (C=O) groups is 2. The first kappa shape index (κ1) is 15.5. The van der Waals surface area contributed by atoms with E-state index in [0.717, 1.165) is 0 Å². The van der Waals surface area contributed by atoms with Crippen LogP contribution in [0.1, 0.15) is 21.0 Å². The van der Waals surface area contributed by atoms with Crippen LogP contribution < -0.4 is 0 Å². The highest BCUT2D eigenvalue weighted by Gasteiger charge is 2.27. The molecule has 0 radical (unpaired) electrons. The number of halogens is 2. The monoisotopic (exact) mass is 373 g/mol. The number of hydrogen-bond acceptors (Lipinski definition) is 6. The van der Waals surface area contributed by atoms with Gasteiger partial charge in [0.1, 0.15) is 0 Å². The third-order valence-corrected chi connectivity index (χ3v) is 3.16. The van der Waals surface area contributed by atoms with Crippen molar-refractivity contribution in [2.75, 3.05) is 14.2 Å². The zero-order valence-corrected chi connectivity index (χ0v) is 13.3. The smallest absolute Gasteiger partial charge is 0.376 e. The van der Waals surface area contributed by atoms with Crippen LogP contribution in [0.4, 0.5) is 0 Å². The van der Waals surface area contributed by atoms with E-state index in [1.165, 1.54) is 14.2 Å². The van der Waals surface area contributed by atoms with Gasteiger partial charge in [-0.05, 0) is 18.2 Å². The average Bonchev–Trinajstić information content (AvgIpc) is 2.89. The second-order valence-electron chi connectivity index (χ2n) is 3.84. The molecule has 0 saturated carbocycles. The molecule has 0 N–H and O–H groups in total. The second-order valence-corrected chi connectivity index (χ2v) is 5.19. The molecule has 0 atom stereocenters. The van der Waals surface area contributed by atoms with Gasteiger partial charge in [-0.2, -0.15) is 0 Å². The first-order valence-corrected chi connectivity index (χ1v) is 6.77. The maximum atomic E-state index is 11.6. The summed E-state index contributed by atoms with van der Waals surface area (Å²) < 4.78 is 15.1. The Bertz CT molecular complexity index is 659. The summed E-state index contributed by atoms with van der Waals surface area (Å²) in [5.41, 5.74) is 0.241. The van der Waals surface area contributed by atoms with Crippen LogP contribution >= 0.6 is 27.5 Å². The minimum absolute atomic E-state index is 0.0546. The lowest BCUT2D eigenvalue weighted by Gasteiger charge is -1.98. The van der Waals surface area contributed by atoms with Crippen LogP contribution in [-0.4, -0.2) is 31.1 Å². The van der Waals surface area contributed by atoms with Crippen LogP contribution in [0.15, 0.2) is 27.1 Å². The quantitative estimate of drug-likeness (QED) is 0.767. The molecule has 8 heteroatoms. The van der Waals surface area contributed by atoms with E-state index in [2.05, 4.69) is 30.4 Å². The summed E-state index contributed by atoms with van der Waals surface area (Å²) in [4.78, 5) is 27.3. The standard InChI is InChI=1S/C13H9BrClNO5/c1-19-12(17)9-10(13(18)20-2)21-11(16-9)6-3-7(14)5-8(15)4-6/h3-5H,1-2H3. The first-order valence-electron chi connectivity index (χ1n) is 5.60. The van der Waals surface area contributed by atoms with Crippen LogP contribution in [0.2, 0.25) is 5.02 Å². The number of carbonyl (C=O) groups excluding carboxylic acids is 2. The fourth-order valence-corrected chi connectivity index (χ4v) is 2.45. The molecule has 2 rings (SSSR count). The van der Waals surface area contributed by atoms with Crippen molar-refractivity contribution >= 4 is 39.5 Å². The van der Waals surface area contributed by atoms with Gasteiger partial charge in [-0.1, -0.05) is 27.5 Å². The number of rotatable bonds is 3. The zero-order valence-electron chi connectivity index (χ0n) is 11.0. The number of methoxy groups -OCH3 is 2. The summed E-state index contributed by atoms with van der Waals surface area (Å²) in [7, 11) is 2.34. The predicted molar refractivity (Wildman–Crippen MR) is 77.3 cm³/mol. The molecule has 0 saturated heterocycles. The van der Waals surface area contributed by atoms with Crippen molar-refractivity contribution in [3.63, 3.8) is 0 Å². The first-order chi connectivity index (χ1) is 9.96. The summed E-state index contributed by atoms with van der Waals surface area (Å²) in [5, 5.41) is 0.441. The molecule has 1 aromatic carbocycles. The van der Waals surface area contributed by atoms with Crippen molar-refractivity contribution in [3.05, 3.63) is 39.1 Å². The third-order valence-electron chi connectivity index (χ3n) is 2.49. The molecule has 0 aliphatic carbocycles. The topological polar surface area (TPSA) is 78.6 Å². The lowest BCUT2D eigenvalue weighted by molar-refractivity contribution is 0.0527. The van der Waals surface area contributed by atoms with Gasteiger partial charge in [-0.15, -0.1) is 0 Å². The maximum Gasteiger partial charge on any atom is 0.376 e. The van der Waals surface area contributed by atoms with Crippen molar-refractivity contribution in [1.82, 2.24) is 4.98 Å². The van der Waals surface area contributed by atoms with E-state index in [-0.39, 0.29) is 17.3 Å². The van der Waals surface area contributed by atoms with Crippen molar-refractivity contribution in [2.24, 2.45) is 0 Å². The molecule has 0 bridgehead atoms. The summed E-state index contributed by atoms with van der Waals surface area (Å²) in [6.45, 7) is 0. The van der Waals surface area contributed by atoms with Gasteiger partial charge in [0.15, 0.2) is 0 Å². The molecule has 0 fully saturated rings. The van der Waals surface area contributed by atoms with Gasteiger partial charge < -0.3 is 13.9 Å². The second kappa shape index (κ2) is 6.28. The van der Waals surface area contributed by atoms with Crippen LogP contribution in [0.3, 0.4) is 0 Å². The summed E-state index contributed by atoms with van der Waals surface area (Å²) in [6.07, 6.45) is 0. The van der Waals surface area contributed by atoms with E-state index >= 15 is 0 Å². The van der Waals surface area contributed by atoms with Gasteiger partial charge in [0.05, 0.1) is 14.2 Å². The zero-order chi connectivity index (χ0) is 15.6. The van der Waals surface area contributed by atoms with Crippen molar-refractivity contribution < 1.29 is 23.5 Å². The Labute approximate surface area is 133 Å². The van der Waals surface area contributed by atoms with E-state index in [1.807, 2.05) is 0 Å². The van der Waals surface area contributed by atoms with Crippen LogP contribution in [0, 0.1) is 0 Å². The fourth-order valence-electron chi connectivity index (χ4n) is 1.59. The van der Waals surface area contributed by atoms with Crippen LogP contribution in [0.5, 0.6) is 0 Å². The van der Waals surface area contributed by atoms with Crippen LogP contribution in [-0.2, 0) is 9.47 Å². The molecule has 6 nitrogen and oxygen atoms in total. The molecule has 0 spiro atoms. The van der Waals surface area contributed by atoms with Gasteiger partial charge in [-0.3, -0.25) is 0 Å². The average molecular weight is 375 g/mol. The molecule has 1 heterocycles. The number of oxazole rings is 1. The fraction of sp³-hybridized carbons (Fsp3) is 0.154. The summed E-state index contributed by atoms with van der Waals surface area (Å²) in [5.74, 6) is -1.89. The van der Waals surface area contributed by atoms with Gasteiger partial charge in [0.2, 0.25) is 17.3 Å². The van der Waals surface area contributed by atoms with Crippen LogP contribution in [0.25, 0.3) is 11.5 Å². The van der Waals surface area contributed by atoms with Gasteiger partial charge >= 0.3 is 11.9 Å². The number of aromatic nitrogens is 1. The minimum atomic E-state index is -0.824. The molecule has 110 valence electrons. The molecule has 0 unspecified atom stereocenters. The maximum absolute atomic E-state index is 11.6. The molecule has 0 aliphatic heterocycles. The lowest BCUT2D eigenvalue weighted by atomic mass is 10.2. The lowest BCUT2D eigenvalue weighted by Crippen LogP contribution is -2.10. The number of hydrogen-bond donors (Lipinski definition) is 0. The Balaban J connectivity index is 2.57. The van der Waals surface area contributed by atoms with Crippen molar-refractivity contribution in [3.8, 4) is 11.5 Å². The largest absolute Gasteiger partial charge is 0.464 e. The van der Waals surface area contributed by atoms with E-state index in [0.29, 0.717) is 15.1 Å². The van der Waals surface area contributed by atoms with Gasteiger partial charge in [-0.25, -0.2) is 14.6 Å². The summed E-state index contributed by atoms with van der Waals surface area (Å²) in [6, 6.07) is 4.94.